The van der Waals surface area contributed by atoms with E-state index in [9.17, 15) is 14.0 Å². The number of benzene rings is 1. The molecule has 2 aromatic heterocycles. The molecule has 0 saturated carbocycles. The van der Waals surface area contributed by atoms with Crippen LogP contribution in [-0.2, 0) is 16.1 Å². The SMILES string of the molecule is CC(NC(=O)C(C)N1Cc2ccc(-c3nc(NC4CCOCC4)ncc3Cl)cc2C1=O)c1nc(N(C)C)ccc1F. The van der Waals surface area contributed by atoms with Crippen LogP contribution in [0.5, 0.6) is 0 Å². The van der Waals surface area contributed by atoms with E-state index in [4.69, 9.17) is 16.3 Å². The van der Waals surface area contributed by atoms with Crippen LogP contribution in [0.3, 0.4) is 0 Å². The van der Waals surface area contributed by atoms with Gasteiger partial charge in [-0.25, -0.2) is 19.3 Å². The molecule has 0 spiro atoms. The van der Waals surface area contributed by atoms with Crippen LogP contribution in [0.2, 0.25) is 5.02 Å². The summed E-state index contributed by atoms with van der Waals surface area (Å²) in [5.74, 6) is -0.152. The second-order valence-corrected chi connectivity index (χ2v) is 11.0. The minimum absolute atomic E-state index is 0.129. The summed E-state index contributed by atoms with van der Waals surface area (Å²) in [4.78, 5) is 43.2. The fourth-order valence-electron chi connectivity index (χ4n) is 4.99. The number of ether oxygens (including phenoxy) is 1. The lowest BCUT2D eigenvalue weighted by atomic mass is 10.0. The Balaban J connectivity index is 1.30. The van der Waals surface area contributed by atoms with E-state index in [-0.39, 0.29) is 24.2 Å². The normalized spacial score (nSPS) is 16.7. The monoisotopic (exact) mass is 581 g/mol. The first-order chi connectivity index (χ1) is 19.6. The van der Waals surface area contributed by atoms with Crippen molar-refractivity contribution in [1.82, 2.24) is 25.2 Å². The summed E-state index contributed by atoms with van der Waals surface area (Å²) in [5, 5.41) is 6.52. The van der Waals surface area contributed by atoms with Crippen molar-refractivity contribution in [3.8, 4) is 11.3 Å². The largest absolute Gasteiger partial charge is 0.381 e. The van der Waals surface area contributed by atoms with Gasteiger partial charge in [-0.15, -0.1) is 0 Å². The van der Waals surface area contributed by atoms with Gasteiger partial charge in [0, 0.05) is 51.0 Å². The van der Waals surface area contributed by atoms with Crippen molar-refractivity contribution in [2.24, 2.45) is 0 Å². The smallest absolute Gasteiger partial charge is 0.255 e. The molecular weight excluding hydrogens is 549 g/mol. The van der Waals surface area contributed by atoms with E-state index in [2.05, 4.69) is 25.6 Å². The highest BCUT2D eigenvalue weighted by Crippen LogP contribution is 2.32. The summed E-state index contributed by atoms with van der Waals surface area (Å²) in [5.41, 5.74) is 2.59. The molecule has 0 radical (unpaired) electrons. The topological polar surface area (TPSA) is 113 Å². The predicted molar refractivity (Wildman–Crippen MR) is 154 cm³/mol. The maximum Gasteiger partial charge on any atom is 0.255 e. The fourth-order valence-corrected chi connectivity index (χ4v) is 5.19. The molecule has 2 aliphatic heterocycles. The number of hydrogen-bond donors (Lipinski definition) is 2. The number of nitrogens with zero attached hydrogens (tertiary/aromatic N) is 5. The second kappa shape index (κ2) is 12.0. The van der Waals surface area contributed by atoms with Gasteiger partial charge >= 0.3 is 0 Å². The van der Waals surface area contributed by atoms with Crippen molar-refractivity contribution < 1.29 is 18.7 Å². The van der Waals surface area contributed by atoms with Gasteiger partial charge in [0.25, 0.3) is 5.91 Å². The summed E-state index contributed by atoms with van der Waals surface area (Å²) < 4.78 is 19.9. The molecular formula is C29H33ClFN7O3. The van der Waals surface area contributed by atoms with Crippen LogP contribution < -0.4 is 15.5 Å². The zero-order valence-electron chi connectivity index (χ0n) is 23.4. The van der Waals surface area contributed by atoms with Gasteiger partial charge in [0.15, 0.2) is 0 Å². The fraction of sp³-hybridized carbons (Fsp3) is 0.414. The van der Waals surface area contributed by atoms with Gasteiger partial charge in [-0.05, 0) is 50.5 Å². The highest BCUT2D eigenvalue weighted by Gasteiger charge is 2.35. The summed E-state index contributed by atoms with van der Waals surface area (Å²) >= 11 is 6.46. The average Bonchev–Trinajstić information content (AvgIpc) is 3.29. The molecule has 2 aliphatic rings. The number of rotatable bonds is 8. The number of amides is 2. The van der Waals surface area contributed by atoms with E-state index >= 15 is 0 Å². The number of aromatic nitrogens is 3. The summed E-state index contributed by atoms with van der Waals surface area (Å²) in [6.07, 6.45) is 3.28. The standard InChI is InChI=1S/C29H33ClFN7O3/c1-16(25-23(31)7-8-24(35-25)37(3)4)33-27(39)17(2)38-15-19-6-5-18(13-21(19)28(38)40)26-22(30)14-32-29(36-26)34-20-9-11-41-12-10-20/h5-8,13-14,16-17,20H,9-12,15H2,1-4H3,(H,33,39)(H,32,34,36). The molecule has 41 heavy (non-hydrogen) atoms. The highest BCUT2D eigenvalue weighted by atomic mass is 35.5. The van der Waals surface area contributed by atoms with Crippen LogP contribution in [-0.4, -0.2) is 71.1 Å². The first-order valence-corrected chi connectivity index (χ1v) is 14.0. The molecule has 0 aliphatic carbocycles. The number of halogens is 2. The summed E-state index contributed by atoms with van der Waals surface area (Å²) in [6.45, 7) is 4.97. The molecule has 2 amide bonds. The van der Waals surface area contributed by atoms with E-state index in [1.165, 1.54) is 11.0 Å². The van der Waals surface area contributed by atoms with Crippen molar-refractivity contribution in [2.75, 3.05) is 37.5 Å². The number of carbonyl (C=O) groups excluding carboxylic acids is 2. The van der Waals surface area contributed by atoms with Crippen molar-refractivity contribution in [3.05, 3.63) is 64.2 Å². The zero-order valence-corrected chi connectivity index (χ0v) is 24.2. The van der Waals surface area contributed by atoms with Crippen molar-refractivity contribution >= 4 is 35.2 Å². The van der Waals surface area contributed by atoms with Gasteiger partial charge in [-0.1, -0.05) is 23.7 Å². The number of carbonyl (C=O) groups is 2. The predicted octanol–water partition coefficient (Wildman–Crippen LogP) is 4.21. The molecule has 216 valence electrons. The third kappa shape index (κ3) is 6.11. The maximum atomic E-state index is 14.5. The lowest BCUT2D eigenvalue weighted by Crippen LogP contribution is -2.46. The molecule has 1 aromatic carbocycles. The van der Waals surface area contributed by atoms with Gasteiger partial charge < -0.3 is 25.2 Å². The number of fused-ring (bicyclic) bond motifs is 1. The van der Waals surface area contributed by atoms with Crippen LogP contribution in [0.25, 0.3) is 11.3 Å². The zero-order chi connectivity index (χ0) is 29.3. The van der Waals surface area contributed by atoms with E-state index in [1.54, 1.807) is 51.2 Å². The molecule has 2 N–H and O–H groups in total. The van der Waals surface area contributed by atoms with Gasteiger partial charge in [0.1, 0.15) is 23.4 Å². The molecule has 5 rings (SSSR count). The summed E-state index contributed by atoms with van der Waals surface area (Å²) in [7, 11) is 3.61. The number of nitrogens with one attached hydrogen (secondary N) is 2. The molecule has 2 unspecified atom stereocenters. The molecule has 10 nitrogen and oxygen atoms in total. The highest BCUT2D eigenvalue weighted by molar-refractivity contribution is 6.33. The molecule has 12 heteroatoms. The van der Waals surface area contributed by atoms with Crippen LogP contribution in [0.15, 0.2) is 36.5 Å². The van der Waals surface area contributed by atoms with Gasteiger partial charge in [0.2, 0.25) is 11.9 Å². The Hall–Kier alpha value is -3.83. The van der Waals surface area contributed by atoms with Crippen LogP contribution >= 0.6 is 11.6 Å². The van der Waals surface area contributed by atoms with E-state index in [1.807, 2.05) is 12.1 Å². The van der Waals surface area contributed by atoms with E-state index in [0.717, 1.165) is 18.4 Å². The minimum Gasteiger partial charge on any atom is -0.381 e. The van der Waals surface area contributed by atoms with Gasteiger partial charge in [-0.2, -0.15) is 0 Å². The van der Waals surface area contributed by atoms with Crippen LogP contribution in [0.4, 0.5) is 16.2 Å². The first-order valence-electron chi connectivity index (χ1n) is 13.6. The first kappa shape index (κ1) is 28.7. The molecule has 2 atom stereocenters. The molecule has 4 heterocycles. The Morgan fingerprint density at radius 3 is 2.66 bits per heavy atom. The summed E-state index contributed by atoms with van der Waals surface area (Å²) in [6, 6.07) is 7.10. The lowest BCUT2D eigenvalue weighted by molar-refractivity contribution is -0.125. The van der Waals surface area contributed by atoms with Gasteiger partial charge in [0.05, 0.1) is 23.0 Å². The second-order valence-electron chi connectivity index (χ2n) is 10.6. The Labute approximate surface area is 243 Å². The Morgan fingerprint density at radius 1 is 1.17 bits per heavy atom. The van der Waals surface area contributed by atoms with Crippen molar-refractivity contribution in [3.63, 3.8) is 0 Å². The molecule has 1 fully saturated rings. The molecule has 0 bridgehead atoms. The quantitative estimate of drug-likeness (QED) is 0.407. The Bertz CT molecular complexity index is 1460. The Kier molecular flexibility index (Phi) is 8.37. The average molecular weight is 582 g/mol. The Morgan fingerprint density at radius 2 is 1.93 bits per heavy atom. The van der Waals surface area contributed by atoms with Crippen molar-refractivity contribution in [2.45, 2.75) is 51.4 Å². The van der Waals surface area contributed by atoms with Gasteiger partial charge in [-0.3, -0.25) is 9.59 Å². The number of pyridine rings is 1. The van der Waals surface area contributed by atoms with Crippen LogP contribution in [0, 0.1) is 5.82 Å². The molecule has 3 aromatic rings. The number of hydrogen-bond acceptors (Lipinski definition) is 8. The van der Waals surface area contributed by atoms with Crippen LogP contribution in [0.1, 0.15) is 54.3 Å². The van der Waals surface area contributed by atoms with E-state index in [0.29, 0.717) is 46.8 Å². The molecule has 1 saturated heterocycles. The van der Waals surface area contributed by atoms with E-state index < -0.39 is 23.8 Å². The maximum absolute atomic E-state index is 14.5. The van der Waals surface area contributed by atoms with Crippen molar-refractivity contribution in [1.29, 1.82) is 0 Å². The third-order valence-corrected chi connectivity index (χ3v) is 7.72. The lowest BCUT2D eigenvalue weighted by Gasteiger charge is -2.25. The number of anilines is 2. The minimum atomic E-state index is -0.793. The third-order valence-electron chi connectivity index (χ3n) is 7.45.